The summed E-state index contributed by atoms with van der Waals surface area (Å²) in [6, 6.07) is 0. The maximum atomic E-state index is 12.5. The topological polar surface area (TPSA) is 108 Å². The number of esters is 2. The van der Waals surface area contributed by atoms with Crippen LogP contribution in [0.2, 0.25) is 0 Å². The summed E-state index contributed by atoms with van der Waals surface area (Å²) in [6.45, 7) is 5.26. The number of allylic oxidation sites excluding steroid dienone is 14. The fourth-order valence-corrected chi connectivity index (χ4v) is 6.46. The van der Waals surface area contributed by atoms with Crippen molar-refractivity contribution in [2.24, 2.45) is 0 Å². The second-order valence-electron chi connectivity index (χ2n) is 14.3. The van der Waals surface area contributed by atoms with E-state index in [2.05, 4.69) is 86.8 Å². The highest BCUT2D eigenvalue weighted by Crippen LogP contribution is 2.43. The van der Waals surface area contributed by atoms with Gasteiger partial charge < -0.3 is 14.4 Å². The third-order valence-corrected chi connectivity index (χ3v) is 10.0. The summed E-state index contributed by atoms with van der Waals surface area (Å²) in [5, 5.41) is 0. The molecule has 0 aromatic heterocycles. The Morgan fingerprint density at radius 3 is 1.42 bits per heavy atom. The van der Waals surface area contributed by atoms with Crippen molar-refractivity contribution in [3.63, 3.8) is 0 Å². The van der Waals surface area contributed by atoms with E-state index in [1.54, 1.807) is 6.92 Å². The minimum atomic E-state index is -4.31. The zero-order valence-corrected chi connectivity index (χ0v) is 37.1. The second-order valence-corrected chi connectivity index (χ2v) is 15.8. The number of hydrogen-bond donors (Lipinski definition) is 1. The highest BCUT2D eigenvalue weighted by molar-refractivity contribution is 7.47. The van der Waals surface area contributed by atoms with Crippen LogP contribution in [0, 0.1) is 0 Å². The number of carbonyl (C=O) groups is 2. The van der Waals surface area contributed by atoms with Crippen molar-refractivity contribution < 1.29 is 37.6 Å². The molecule has 2 unspecified atom stereocenters. The van der Waals surface area contributed by atoms with Crippen LogP contribution in [-0.4, -0.2) is 42.8 Å². The van der Waals surface area contributed by atoms with Crippen molar-refractivity contribution in [2.45, 2.75) is 187 Å². The summed E-state index contributed by atoms with van der Waals surface area (Å²) < 4.78 is 32.6. The van der Waals surface area contributed by atoms with E-state index >= 15 is 0 Å². The van der Waals surface area contributed by atoms with Crippen LogP contribution in [0.1, 0.15) is 181 Å². The van der Waals surface area contributed by atoms with Crippen LogP contribution in [-0.2, 0) is 32.7 Å². The molecule has 0 spiro atoms. The van der Waals surface area contributed by atoms with Crippen molar-refractivity contribution >= 4 is 19.8 Å². The largest absolute Gasteiger partial charge is 0.472 e. The summed E-state index contributed by atoms with van der Waals surface area (Å²) in [5.41, 5.74) is 0. The molecule has 0 aromatic carbocycles. The van der Waals surface area contributed by atoms with Crippen LogP contribution in [0.25, 0.3) is 0 Å². The maximum absolute atomic E-state index is 12.5. The Labute approximate surface area is 348 Å². The smallest absolute Gasteiger partial charge is 0.462 e. The summed E-state index contributed by atoms with van der Waals surface area (Å²) in [5.74, 6) is -0.905. The van der Waals surface area contributed by atoms with Gasteiger partial charge in [0, 0.05) is 12.8 Å². The monoisotopic (exact) mass is 817 g/mol. The van der Waals surface area contributed by atoms with E-state index in [4.69, 9.17) is 18.5 Å². The van der Waals surface area contributed by atoms with Crippen LogP contribution in [0.5, 0.6) is 0 Å². The minimum Gasteiger partial charge on any atom is -0.462 e. The van der Waals surface area contributed by atoms with E-state index in [9.17, 15) is 19.0 Å². The molecular formula is C48H81O8P. The lowest BCUT2D eigenvalue weighted by Crippen LogP contribution is -2.29. The molecule has 8 nitrogen and oxygen atoms in total. The number of rotatable bonds is 40. The standard InChI is InChI=1S/C48H81O8P/c1-4-7-9-11-13-15-17-19-21-23-25-27-29-31-33-35-37-39-41-43-48(50)56-46(45-55-57(51,52)54-6-3)44-53-47(49)42-40-38-36-34-32-30-28-26-24-22-20-18-16-14-12-10-8-5-2/h7,9,13,15,19,21-22,24-25,27,31,33,37,39,46H,4-6,8,10-12,14,16-18,20,23,26,28-30,32,34-36,38,40-45H2,1-3H3,(H,51,52)/b9-7-,15-13-,21-19-,24-22-,27-25-,33-31-,39-37-. The van der Waals surface area contributed by atoms with Crippen LogP contribution in [0.3, 0.4) is 0 Å². The van der Waals surface area contributed by atoms with Gasteiger partial charge >= 0.3 is 19.8 Å². The van der Waals surface area contributed by atoms with Crippen molar-refractivity contribution in [3.8, 4) is 0 Å². The average Bonchev–Trinajstić information content (AvgIpc) is 3.19. The van der Waals surface area contributed by atoms with Crippen molar-refractivity contribution in [1.29, 1.82) is 0 Å². The SMILES string of the molecule is CC/C=C\C/C=C\C/C=C\C/C=C\C/C=C\C/C=C\CCC(=O)OC(COC(=O)CCCCCCCCC/C=C\CCCCCCCCC)COP(=O)(O)OCC. The third-order valence-electron chi connectivity index (χ3n) is 8.95. The number of unbranched alkanes of at least 4 members (excludes halogenated alkanes) is 14. The number of hydrogen-bond acceptors (Lipinski definition) is 7. The predicted molar refractivity (Wildman–Crippen MR) is 239 cm³/mol. The Bertz CT molecular complexity index is 1200. The molecule has 0 heterocycles. The number of phosphoric ester groups is 1. The molecule has 2 atom stereocenters. The van der Waals surface area contributed by atoms with E-state index in [1.807, 2.05) is 12.2 Å². The molecule has 0 aliphatic rings. The Morgan fingerprint density at radius 2 is 0.930 bits per heavy atom. The lowest BCUT2D eigenvalue weighted by atomic mass is 10.1. The van der Waals surface area contributed by atoms with Gasteiger partial charge in [0.1, 0.15) is 6.61 Å². The van der Waals surface area contributed by atoms with E-state index in [0.717, 1.165) is 70.6 Å². The molecule has 326 valence electrons. The van der Waals surface area contributed by atoms with Crippen molar-refractivity contribution in [1.82, 2.24) is 0 Å². The van der Waals surface area contributed by atoms with Gasteiger partial charge in [-0.25, -0.2) is 4.57 Å². The minimum absolute atomic E-state index is 0.0179. The van der Waals surface area contributed by atoms with Crippen molar-refractivity contribution in [3.05, 3.63) is 85.1 Å². The van der Waals surface area contributed by atoms with Gasteiger partial charge in [0.25, 0.3) is 0 Å². The average molecular weight is 817 g/mol. The zero-order chi connectivity index (χ0) is 41.8. The molecule has 0 aliphatic carbocycles. The van der Waals surface area contributed by atoms with Gasteiger partial charge in [-0.15, -0.1) is 0 Å². The molecule has 9 heteroatoms. The van der Waals surface area contributed by atoms with Crippen LogP contribution < -0.4 is 0 Å². The van der Waals surface area contributed by atoms with Crippen LogP contribution >= 0.6 is 7.82 Å². The Balaban J connectivity index is 4.21. The van der Waals surface area contributed by atoms with Crippen molar-refractivity contribution in [2.75, 3.05) is 19.8 Å². The molecule has 0 saturated carbocycles. The summed E-state index contributed by atoms with van der Waals surface area (Å²) in [7, 11) is -4.31. The first kappa shape index (κ1) is 54.2. The molecule has 0 fully saturated rings. The van der Waals surface area contributed by atoms with Gasteiger partial charge in [-0.1, -0.05) is 170 Å². The first-order valence-electron chi connectivity index (χ1n) is 22.4. The molecule has 0 radical (unpaired) electrons. The highest BCUT2D eigenvalue weighted by Gasteiger charge is 2.25. The van der Waals surface area contributed by atoms with Gasteiger partial charge in [0.2, 0.25) is 0 Å². The number of ether oxygens (including phenoxy) is 2. The summed E-state index contributed by atoms with van der Waals surface area (Å²) >= 11 is 0. The second kappa shape index (κ2) is 42.8. The fourth-order valence-electron chi connectivity index (χ4n) is 5.71. The van der Waals surface area contributed by atoms with Gasteiger partial charge in [-0.05, 0) is 84.0 Å². The zero-order valence-electron chi connectivity index (χ0n) is 36.2. The van der Waals surface area contributed by atoms with E-state index < -0.39 is 32.5 Å². The molecule has 0 amide bonds. The third kappa shape index (κ3) is 42.7. The molecule has 0 bridgehead atoms. The molecule has 0 saturated heterocycles. The van der Waals surface area contributed by atoms with Gasteiger partial charge in [-0.2, -0.15) is 0 Å². The van der Waals surface area contributed by atoms with Gasteiger partial charge in [0.05, 0.1) is 13.2 Å². The Morgan fingerprint density at radius 1 is 0.491 bits per heavy atom. The Kier molecular flexibility index (Phi) is 40.7. The fraction of sp³-hybridized carbons (Fsp3) is 0.667. The molecule has 57 heavy (non-hydrogen) atoms. The molecule has 1 N–H and O–H groups in total. The van der Waals surface area contributed by atoms with E-state index in [-0.39, 0.29) is 26.1 Å². The molecular weight excluding hydrogens is 735 g/mol. The number of phosphoric acid groups is 1. The van der Waals surface area contributed by atoms with Gasteiger partial charge in [0.15, 0.2) is 6.10 Å². The molecule has 0 aromatic rings. The molecule has 0 aliphatic heterocycles. The summed E-state index contributed by atoms with van der Waals surface area (Å²) in [6.07, 6.45) is 55.1. The Hall–Kier alpha value is -2.77. The quantitative estimate of drug-likeness (QED) is 0.0282. The predicted octanol–water partition coefficient (Wildman–Crippen LogP) is 14.3. The normalized spacial score (nSPS) is 14.1. The lowest BCUT2D eigenvalue weighted by Gasteiger charge is -2.19. The molecule has 0 rings (SSSR count). The van der Waals surface area contributed by atoms with E-state index in [1.165, 1.54) is 70.6 Å². The summed E-state index contributed by atoms with van der Waals surface area (Å²) in [4.78, 5) is 34.7. The first-order chi connectivity index (χ1) is 27.8. The maximum Gasteiger partial charge on any atom is 0.472 e. The van der Waals surface area contributed by atoms with Crippen LogP contribution in [0.15, 0.2) is 85.1 Å². The van der Waals surface area contributed by atoms with E-state index in [0.29, 0.717) is 6.42 Å². The number of carbonyl (C=O) groups excluding carboxylic acids is 2. The van der Waals surface area contributed by atoms with Gasteiger partial charge in [-0.3, -0.25) is 18.6 Å². The van der Waals surface area contributed by atoms with Crippen LogP contribution in [0.4, 0.5) is 0 Å². The lowest BCUT2D eigenvalue weighted by molar-refractivity contribution is -0.161. The first-order valence-corrected chi connectivity index (χ1v) is 23.9. The highest BCUT2D eigenvalue weighted by atomic mass is 31.2.